The molecule has 0 N–H and O–H groups in total. The van der Waals surface area contributed by atoms with E-state index in [-0.39, 0.29) is 0 Å². The van der Waals surface area contributed by atoms with Crippen LogP contribution in [0, 0.1) is 5.92 Å². The number of allylic oxidation sites excluding steroid dienone is 2. The van der Waals surface area contributed by atoms with Crippen LogP contribution in [0.15, 0.2) is 23.8 Å². The Balaban J connectivity index is 2.43. The molecule has 1 aliphatic rings. The molecule has 0 aromatic carbocycles. The van der Waals surface area contributed by atoms with E-state index in [2.05, 4.69) is 43.9 Å². The van der Waals surface area contributed by atoms with Crippen LogP contribution in [0.2, 0.25) is 0 Å². The van der Waals surface area contributed by atoms with Gasteiger partial charge < -0.3 is 0 Å². The van der Waals surface area contributed by atoms with Gasteiger partial charge in [-0.2, -0.15) is 0 Å². The Kier molecular flexibility index (Phi) is 6.47. The van der Waals surface area contributed by atoms with Gasteiger partial charge in [0.15, 0.2) is 0 Å². The Morgan fingerprint density at radius 3 is 2.62 bits per heavy atom. The Hall–Kier alpha value is -0.560. The fraction of sp³-hybridized carbons (Fsp3) is 0.733. The van der Waals surface area contributed by atoms with Gasteiger partial charge in [0.2, 0.25) is 0 Å². The molecule has 0 saturated carbocycles. The second-order valence-corrected chi connectivity index (χ2v) is 4.80. The highest BCUT2D eigenvalue weighted by Crippen LogP contribution is 2.20. The SMILES string of the molecule is CC/C=C\C(=C/CC)CN1CCC(CC)C1. The molecule has 1 heterocycles. The number of rotatable bonds is 6. The summed E-state index contributed by atoms with van der Waals surface area (Å²) in [5.41, 5.74) is 1.50. The van der Waals surface area contributed by atoms with Gasteiger partial charge in [-0.1, -0.05) is 45.4 Å². The van der Waals surface area contributed by atoms with Crippen molar-refractivity contribution in [3.05, 3.63) is 23.8 Å². The summed E-state index contributed by atoms with van der Waals surface area (Å²) in [6.07, 6.45) is 12.0. The molecular weight excluding hydrogens is 194 g/mol. The molecule has 1 fully saturated rings. The summed E-state index contributed by atoms with van der Waals surface area (Å²) in [5, 5.41) is 0. The molecule has 92 valence electrons. The zero-order chi connectivity index (χ0) is 11.8. The Morgan fingerprint density at radius 1 is 1.25 bits per heavy atom. The maximum atomic E-state index is 2.61. The summed E-state index contributed by atoms with van der Waals surface area (Å²) in [4.78, 5) is 2.61. The van der Waals surface area contributed by atoms with Crippen molar-refractivity contribution in [2.75, 3.05) is 19.6 Å². The van der Waals surface area contributed by atoms with Crippen molar-refractivity contribution in [2.45, 2.75) is 46.5 Å². The minimum Gasteiger partial charge on any atom is -0.299 e. The Bertz CT molecular complexity index is 240. The molecule has 0 aromatic heterocycles. The van der Waals surface area contributed by atoms with E-state index in [0.717, 1.165) is 25.3 Å². The minimum atomic E-state index is 0.943. The standard InChI is InChI=1S/C15H27N/c1-4-7-9-15(8-5-2)13-16-11-10-14(6-3)12-16/h7-9,14H,4-6,10-13H2,1-3H3/b9-7-,15-8+. The second-order valence-electron chi connectivity index (χ2n) is 4.80. The molecule has 0 radical (unpaired) electrons. The average molecular weight is 221 g/mol. The molecular formula is C15H27N. The van der Waals surface area contributed by atoms with Gasteiger partial charge >= 0.3 is 0 Å². The monoisotopic (exact) mass is 221 g/mol. The molecule has 0 spiro atoms. The third-order valence-electron chi connectivity index (χ3n) is 3.39. The number of hydrogen-bond donors (Lipinski definition) is 0. The molecule has 1 unspecified atom stereocenters. The van der Waals surface area contributed by atoms with Gasteiger partial charge in [0.1, 0.15) is 0 Å². The van der Waals surface area contributed by atoms with E-state index in [1.165, 1.54) is 31.5 Å². The highest BCUT2D eigenvalue weighted by molar-refractivity contribution is 5.20. The van der Waals surface area contributed by atoms with Crippen LogP contribution in [0.1, 0.15) is 46.5 Å². The molecule has 0 bridgehead atoms. The quantitative estimate of drug-likeness (QED) is 0.612. The largest absolute Gasteiger partial charge is 0.299 e. The van der Waals surface area contributed by atoms with E-state index in [0.29, 0.717) is 0 Å². The van der Waals surface area contributed by atoms with E-state index >= 15 is 0 Å². The molecule has 0 aromatic rings. The lowest BCUT2D eigenvalue weighted by molar-refractivity contribution is 0.351. The molecule has 1 rings (SSSR count). The highest BCUT2D eigenvalue weighted by atomic mass is 15.1. The van der Waals surface area contributed by atoms with Crippen molar-refractivity contribution in [1.82, 2.24) is 4.90 Å². The Labute approximate surface area is 101 Å². The fourth-order valence-corrected chi connectivity index (χ4v) is 2.36. The average Bonchev–Trinajstić information content (AvgIpc) is 2.74. The summed E-state index contributed by atoms with van der Waals surface area (Å²) in [6, 6.07) is 0. The van der Waals surface area contributed by atoms with E-state index in [9.17, 15) is 0 Å². The fourth-order valence-electron chi connectivity index (χ4n) is 2.36. The molecule has 0 amide bonds. The molecule has 16 heavy (non-hydrogen) atoms. The van der Waals surface area contributed by atoms with Crippen molar-refractivity contribution in [1.29, 1.82) is 0 Å². The first-order valence-electron chi connectivity index (χ1n) is 6.88. The summed E-state index contributed by atoms with van der Waals surface area (Å²) >= 11 is 0. The van der Waals surface area contributed by atoms with Crippen LogP contribution in [-0.2, 0) is 0 Å². The molecule has 1 atom stereocenters. The van der Waals surface area contributed by atoms with Crippen molar-refractivity contribution in [3.8, 4) is 0 Å². The predicted octanol–water partition coefficient (Wildman–Crippen LogP) is 4.02. The summed E-state index contributed by atoms with van der Waals surface area (Å²) in [6.45, 7) is 10.5. The maximum Gasteiger partial charge on any atom is 0.0230 e. The van der Waals surface area contributed by atoms with Gasteiger partial charge in [-0.05, 0) is 37.3 Å². The van der Waals surface area contributed by atoms with E-state index in [4.69, 9.17) is 0 Å². The lowest BCUT2D eigenvalue weighted by Crippen LogP contribution is -2.22. The zero-order valence-corrected chi connectivity index (χ0v) is 11.2. The second kappa shape index (κ2) is 7.67. The van der Waals surface area contributed by atoms with Crippen molar-refractivity contribution in [3.63, 3.8) is 0 Å². The van der Waals surface area contributed by atoms with Crippen LogP contribution < -0.4 is 0 Å². The van der Waals surface area contributed by atoms with E-state index in [1.807, 2.05) is 0 Å². The lowest BCUT2D eigenvalue weighted by Gasteiger charge is -2.16. The van der Waals surface area contributed by atoms with Gasteiger partial charge in [0.05, 0.1) is 0 Å². The third kappa shape index (κ3) is 4.52. The van der Waals surface area contributed by atoms with Crippen molar-refractivity contribution >= 4 is 0 Å². The third-order valence-corrected chi connectivity index (χ3v) is 3.39. The van der Waals surface area contributed by atoms with Gasteiger partial charge in [-0.3, -0.25) is 4.90 Å². The number of hydrogen-bond acceptors (Lipinski definition) is 1. The Morgan fingerprint density at radius 2 is 2.06 bits per heavy atom. The smallest absolute Gasteiger partial charge is 0.0230 e. The maximum absolute atomic E-state index is 2.61. The molecule has 1 heteroatoms. The summed E-state index contributed by atoms with van der Waals surface area (Å²) in [5.74, 6) is 0.943. The molecule has 1 nitrogen and oxygen atoms in total. The van der Waals surface area contributed by atoms with Crippen LogP contribution >= 0.6 is 0 Å². The van der Waals surface area contributed by atoms with Gasteiger partial charge in [-0.15, -0.1) is 0 Å². The number of likely N-dealkylation sites (tertiary alicyclic amines) is 1. The highest BCUT2D eigenvalue weighted by Gasteiger charge is 2.20. The molecule has 1 aliphatic heterocycles. The summed E-state index contributed by atoms with van der Waals surface area (Å²) < 4.78 is 0. The minimum absolute atomic E-state index is 0.943. The first-order chi connectivity index (χ1) is 7.80. The van der Waals surface area contributed by atoms with Crippen LogP contribution in [0.5, 0.6) is 0 Å². The van der Waals surface area contributed by atoms with Gasteiger partial charge in [0, 0.05) is 13.1 Å². The number of nitrogens with zero attached hydrogens (tertiary/aromatic N) is 1. The van der Waals surface area contributed by atoms with Crippen molar-refractivity contribution < 1.29 is 0 Å². The van der Waals surface area contributed by atoms with Crippen molar-refractivity contribution in [2.24, 2.45) is 5.92 Å². The summed E-state index contributed by atoms with van der Waals surface area (Å²) in [7, 11) is 0. The lowest BCUT2D eigenvalue weighted by atomic mass is 10.1. The van der Waals surface area contributed by atoms with Gasteiger partial charge in [0.25, 0.3) is 0 Å². The van der Waals surface area contributed by atoms with E-state index < -0.39 is 0 Å². The first-order valence-corrected chi connectivity index (χ1v) is 6.88. The van der Waals surface area contributed by atoms with E-state index in [1.54, 1.807) is 0 Å². The topological polar surface area (TPSA) is 3.24 Å². The molecule has 1 saturated heterocycles. The van der Waals surface area contributed by atoms with Crippen LogP contribution in [0.3, 0.4) is 0 Å². The first kappa shape index (κ1) is 13.5. The normalized spacial score (nSPS) is 23.4. The van der Waals surface area contributed by atoms with Crippen LogP contribution in [0.25, 0.3) is 0 Å². The van der Waals surface area contributed by atoms with Crippen LogP contribution in [0.4, 0.5) is 0 Å². The van der Waals surface area contributed by atoms with Gasteiger partial charge in [-0.25, -0.2) is 0 Å². The van der Waals surface area contributed by atoms with Crippen LogP contribution in [-0.4, -0.2) is 24.5 Å². The molecule has 0 aliphatic carbocycles. The zero-order valence-electron chi connectivity index (χ0n) is 11.2. The predicted molar refractivity (Wildman–Crippen MR) is 72.6 cm³/mol.